The molecule has 0 saturated carbocycles. The third kappa shape index (κ3) is 5.80. The summed E-state index contributed by atoms with van der Waals surface area (Å²) < 4.78 is 5.58. The van der Waals surface area contributed by atoms with Crippen molar-refractivity contribution in [2.75, 3.05) is 24.7 Å². The molecule has 0 unspecified atom stereocenters. The maximum Gasteiger partial charge on any atom is 0.253 e. The molecule has 3 heterocycles. The third-order valence-electron chi connectivity index (χ3n) is 7.07. The molecule has 1 saturated heterocycles. The van der Waals surface area contributed by atoms with Crippen molar-refractivity contribution >= 4 is 17.9 Å². The summed E-state index contributed by atoms with van der Waals surface area (Å²) in [6, 6.07) is 9.67. The summed E-state index contributed by atoms with van der Waals surface area (Å²) in [5, 5.41) is 2.96. The van der Waals surface area contributed by atoms with Gasteiger partial charge in [-0.3, -0.25) is 19.4 Å². The minimum atomic E-state index is -0.250. The quantitative estimate of drug-likeness (QED) is 0.449. The highest BCUT2D eigenvalue weighted by atomic mass is 16.5. The van der Waals surface area contributed by atoms with Gasteiger partial charge in [-0.25, -0.2) is 0 Å². The molecule has 8 heteroatoms. The van der Waals surface area contributed by atoms with Crippen LogP contribution in [0.3, 0.4) is 0 Å². The van der Waals surface area contributed by atoms with Crippen LogP contribution in [0.25, 0.3) is 11.1 Å². The van der Waals surface area contributed by atoms with Crippen LogP contribution in [-0.2, 0) is 11.3 Å². The van der Waals surface area contributed by atoms with Crippen LogP contribution in [-0.4, -0.2) is 48.0 Å². The summed E-state index contributed by atoms with van der Waals surface area (Å²) >= 11 is 0. The molecule has 194 valence electrons. The normalized spacial score (nSPS) is 13.8. The van der Waals surface area contributed by atoms with Gasteiger partial charge in [0.05, 0.1) is 0 Å². The van der Waals surface area contributed by atoms with Crippen molar-refractivity contribution < 1.29 is 14.3 Å². The van der Waals surface area contributed by atoms with E-state index in [1.807, 2.05) is 39.0 Å². The lowest BCUT2D eigenvalue weighted by Crippen LogP contribution is -2.40. The fraction of sp³-hybridized carbons (Fsp3) is 0.379. The Labute approximate surface area is 217 Å². The van der Waals surface area contributed by atoms with Crippen LogP contribution in [0.2, 0.25) is 0 Å². The van der Waals surface area contributed by atoms with Crippen LogP contribution >= 0.6 is 0 Å². The monoisotopic (exact) mass is 502 g/mol. The first kappa shape index (κ1) is 26.3. The summed E-state index contributed by atoms with van der Waals surface area (Å²) in [5.41, 5.74) is 6.38. The Balaban J connectivity index is 1.74. The molecule has 0 radical (unpaired) electrons. The Hall–Kier alpha value is -3.78. The smallest absolute Gasteiger partial charge is 0.253 e. The number of carbonyl (C=O) groups is 2. The molecule has 4 rings (SSSR count). The fourth-order valence-electron chi connectivity index (χ4n) is 5.03. The Morgan fingerprint density at radius 3 is 2.54 bits per heavy atom. The van der Waals surface area contributed by atoms with Crippen LogP contribution in [0.4, 0.5) is 5.69 Å². The maximum atomic E-state index is 13.5. The number of aromatic nitrogens is 2. The van der Waals surface area contributed by atoms with Gasteiger partial charge in [0.2, 0.25) is 0 Å². The van der Waals surface area contributed by atoms with E-state index in [0.717, 1.165) is 66.2 Å². The number of nitrogens with one attached hydrogen (secondary N) is 2. The molecule has 1 aliphatic rings. The van der Waals surface area contributed by atoms with Gasteiger partial charge >= 0.3 is 0 Å². The van der Waals surface area contributed by atoms with Gasteiger partial charge in [0.25, 0.3) is 11.5 Å². The number of ether oxygens (including phenoxy) is 1. The molecule has 0 aliphatic carbocycles. The molecule has 1 aromatic carbocycles. The molecule has 8 nitrogen and oxygen atoms in total. The minimum Gasteiger partial charge on any atom is -0.381 e. The van der Waals surface area contributed by atoms with E-state index in [9.17, 15) is 14.4 Å². The predicted octanol–water partition coefficient (Wildman–Crippen LogP) is 4.11. The number of anilines is 1. The van der Waals surface area contributed by atoms with Crippen molar-refractivity contribution in [3.63, 3.8) is 0 Å². The zero-order valence-electron chi connectivity index (χ0n) is 21.9. The third-order valence-corrected chi connectivity index (χ3v) is 7.07. The van der Waals surface area contributed by atoms with E-state index in [-0.39, 0.29) is 18.0 Å². The predicted molar refractivity (Wildman–Crippen MR) is 144 cm³/mol. The summed E-state index contributed by atoms with van der Waals surface area (Å²) in [6.45, 7) is 10.1. The number of rotatable bonds is 8. The fourth-order valence-corrected chi connectivity index (χ4v) is 5.03. The van der Waals surface area contributed by atoms with Crippen LogP contribution in [0.1, 0.15) is 63.0 Å². The van der Waals surface area contributed by atoms with Crippen molar-refractivity contribution in [1.29, 1.82) is 0 Å². The highest BCUT2D eigenvalue weighted by Gasteiger charge is 2.25. The van der Waals surface area contributed by atoms with Gasteiger partial charge in [0.15, 0.2) is 6.29 Å². The van der Waals surface area contributed by atoms with Gasteiger partial charge in [0.1, 0.15) is 5.69 Å². The summed E-state index contributed by atoms with van der Waals surface area (Å²) in [5.74, 6) is -0.250. The topological polar surface area (TPSA) is 104 Å². The van der Waals surface area contributed by atoms with E-state index in [1.165, 1.54) is 0 Å². The summed E-state index contributed by atoms with van der Waals surface area (Å²) in [7, 11) is 0. The van der Waals surface area contributed by atoms with Gasteiger partial charge in [-0.1, -0.05) is 6.07 Å². The zero-order valence-corrected chi connectivity index (χ0v) is 21.9. The molecule has 1 amide bonds. The minimum absolute atomic E-state index is 0.131. The second-order valence-corrected chi connectivity index (χ2v) is 9.51. The number of aryl methyl sites for hydroxylation is 2. The van der Waals surface area contributed by atoms with E-state index in [2.05, 4.69) is 33.2 Å². The van der Waals surface area contributed by atoms with E-state index in [0.29, 0.717) is 29.1 Å². The second-order valence-electron chi connectivity index (χ2n) is 9.51. The van der Waals surface area contributed by atoms with E-state index in [4.69, 9.17) is 4.74 Å². The molecular weight excluding hydrogens is 468 g/mol. The number of nitrogens with zero attached hydrogens (tertiary/aromatic N) is 2. The van der Waals surface area contributed by atoms with Gasteiger partial charge in [-0.15, -0.1) is 0 Å². The average molecular weight is 503 g/mol. The number of pyridine rings is 2. The Morgan fingerprint density at radius 1 is 1.16 bits per heavy atom. The van der Waals surface area contributed by atoms with Crippen LogP contribution in [0.5, 0.6) is 0 Å². The molecule has 1 aliphatic heterocycles. The first-order valence-electron chi connectivity index (χ1n) is 12.7. The summed E-state index contributed by atoms with van der Waals surface area (Å²) in [6.07, 6.45) is 4.20. The number of amides is 1. The molecule has 2 aromatic heterocycles. The van der Waals surface area contributed by atoms with Crippen LogP contribution in [0.15, 0.2) is 41.3 Å². The average Bonchev–Trinajstić information content (AvgIpc) is 2.90. The lowest BCUT2D eigenvalue weighted by atomic mass is 9.95. The molecule has 0 bridgehead atoms. The lowest BCUT2D eigenvalue weighted by Gasteiger charge is -2.37. The molecule has 3 aromatic rings. The molecule has 1 fully saturated rings. The number of hydrogen-bond donors (Lipinski definition) is 2. The number of carbonyl (C=O) groups excluding carboxylic acids is 2. The number of aldehydes is 1. The Morgan fingerprint density at radius 2 is 1.92 bits per heavy atom. The van der Waals surface area contributed by atoms with Crippen molar-refractivity contribution in [3.05, 3.63) is 80.5 Å². The first-order valence-corrected chi connectivity index (χ1v) is 12.7. The van der Waals surface area contributed by atoms with Gasteiger partial charge < -0.3 is 19.9 Å². The number of aromatic amines is 1. The Kier molecular flexibility index (Phi) is 8.18. The molecule has 0 spiro atoms. The van der Waals surface area contributed by atoms with E-state index < -0.39 is 0 Å². The van der Waals surface area contributed by atoms with Gasteiger partial charge in [0, 0.05) is 66.6 Å². The molecular formula is C29H34N4O4. The maximum absolute atomic E-state index is 13.5. The van der Waals surface area contributed by atoms with Crippen molar-refractivity contribution in [2.24, 2.45) is 0 Å². The van der Waals surface area contributed by atoms with Crippen LogP contribution in [0, 0.1) is 20.8 Å². The molecule has 37 heavy (non-hydrogen) atoms. The second kappa shape index (κ2) is 11.5. The highest BCUT2D eigenvalue weighted by molar-refractivity contribution is 5.99. The van der Waals surface area contributed by atoms with Crippen molar-refractivity contribution in [2.45, 2.75) is 53.1 Å². The lowest BCUT2D eigenvalue weighted by molar-refractivity contribution is 0.0846. The Bertz CT molecular complexity index is 1340. The largest absolute Gasteiger partial charge is 0.381 e. The van der Waals surface area contributed by atoms with Crippen molar-refractivity contribution in [1.82, 2.24) is 15.3 Å². The number of hydrogen-bond acceptors (Lipinski definition) is 6. The van der Waals surface area contributed by atoms with Crippen LogP contribution < -0.4 is 15.8 Å². The number of H-pyrrole nitrogens is 1. The first-order chi connectivity index (χ1) is 17.8. The van der Waals surface area contributed by atoms with Crippen molar-refractivity contribution in [3.8, 4) is 11.1 Å². The molecule has 0 atom stereocenters. The zero-order chi connectivity index (χ0) is 26.5. The van der Waals surface area contributed by atoms with E-state index >= 15 is 0 Å². The van der Waals surface area contributed by atoms with Gasteiger partial charge in [-0.05, 0) is 81.5 Å². The van der Waals surface area contributed by atoms with Gasteiger partial charge in [-0.2, -0.15) is 0 Å². The van der Waals surface area contributed by atoms with E-state index in [1.54, 1.807) is 12.3 Å². The standard InChI is InChI=1S/C29H34N4O4/c1-5-33(24-8-10-37-11-9-24)27-14-22(21-6-7-23(17-34)30-15-21)13-25(20(27)4)28(35)31-16-26-18(2)12-19(3)32-29(26)36/h6-7,12-15,17,24H,5,8-11,16H2,1-4H3,(H,31,35)(H,32,36). The number of benzene rings is 1. The highest BCUT2D eigenvalue weighted by Crippen LogP contribution is 2.33. The molecule has 2 N–H and O–H groups in total. The SMILES string of the molecule is CCN(c1cc(-c2ccc(C=O)nc2)cc(C(=O)NCc2c(C)cc(C)[nH]c2=O)c1C)C1CCOCC1. The summed E-state index contributed by atoms with van der Waals surface area (Å²) in [4.78, 5) is 46.5.